The summed E-state index contributed by atoms with van der Waals surface area (Å²) in [5.41, 5.74) is 0.629. The first-order valence-electron chi connectivity index (χ1n) is 10.4. The molecule has 152 valence electrons. The van der Waals surface area contributed by atoms with E-state index in [0.717, 1.165) is 37.3 Å². The van der Waals surface area contributed by atoms with Crippen LogP contribution < -0.4 is 4.90 Å². The number of hydrogen-bond donors (Lipinski definition) is 0. The zero-order valence-corrected chi connectivity index (χ0v) is 18.0. The van der Waals surface area contributed by atoms with Gasteiger partial charge in [-0.3, -0.25) is 9.80 Å². The van der Waals surface area contributed by atoms with Gasteiger partial charge in [0.15, 0.2) is 0 Å². The van der Waals surface area contributed by atoms with Crippen molar-refractivity contribution in [2.24, 2.45) is 5.92 Å². The summed E-state index contributed by atoms with van der Waals surface area (Å²) in [6.45, 7) is 15.1. The highest BCUT2D eigenvalue weighted by Crippen LogP contribution is 2.36. The monoisotopic (exact) mass is 375 g/mol. The highest BCUT2D eigenvalue weighted by molar-refractivity contribution is 5.87. The van der Waals surface area contributed by atoms with E-state index >= 15 is 0 Å². The molecule has 0 bridgehead atoms. The fourth-order valence-electron chi connectivity index (χ4n) is 3.75. The van der Waals surface area contributed by atoms with Gasteiger partial charge in [-0.15, -0.1) is 0 Å². The maximum atomic E-state index is 12.9. The third-order valence-electron chi connectivity index (χ3n) is 4.71. The van der Waals surface area contributed by atoms with Gasteiger partial charge in [0, 0.05) is 30.9 Å². The van der Waals surface area contributed by atoms with E-state index in [9.17, 15) is 4.79 Å². The van der Waals surface area contributed by atoms with E-state index in [1.165, 1.54) is 12.8 Å². The van der Waals surface area contributed by atoms with Crippen LogP contribution in [0.15, 0.2) is 18.3 Å². The molecule has 0 aromatic carbocycles. The maximum Gasteiger partial charge on any atom is 0.416 e. The first kappa shape index (κ1) is 21.7. The van der Waals surface area contributed by atoms with Gasteiger partial charge in [-0.05, 0) is 58.6 Å². The van der Waals surface area contributed by atoms with E-state index in [1.54, 1.807) is 11.1 Å². The van der Waals surface area contributed by atoms with Gasteiger partial charge in [-0.25, -0.2) is 9.78 Å². The van der Waals surface area contributed by atoms with Gasteiger partial charge in [-0.1, -0.05) is 33.3 Å². The zero-order valence-electron chi connectivity index (χ0n) is 18.0. The van der Waals surface area contributed by atoms with E-state index in [-0.39, 0.29) is 6.09 Å². The molecule has 1 atom stereocenters. The number of nitrogens with zero attached hydrogens (tertiary/aromatic N) is 3. The number of ether oxygens (including phenoxy) is 1. The average molecular weight is 376 g/mol. The fraction of sp³-hybridized carbons (Fsp3) is 0.727. The van der Waals surface area contributed by atoms with Crippen LogP contribution in [0.2, 0.25) is 0 Å². The van der Waals surface area contributed by atoms with Crippen molar-refractivity contribution in [2.75, 3.05) is 24.5 Å². The van der Waals surface area contributed by atoms with Gasteiger partial charge in [0.25, 0.3) is 0 Å². The molecule has 0 N–H and O–H groups in total. The van der Waals surface area contributed by atoms with Crippen molar-refractivity contribution in [2.45, 2.75) is 78.9 Å². The second kappa shape index (κ2) is 9.54. The van der Waals surface area contributed by atoms with Crippen molar-refractivity contribution >= 4 is 11.9 Å². The molecule has 1 aromatic heterocycles. The van der Waals surface area contributed by atoms with Crippen LogP contribution >= 0.6 is 0 Å². The Morgan fingerprint density at radius 2 is 2.11 bits per heavy atom. The van der Waals surface area contributed by atoms with Crippen LogP contribution in [0.4, 0.5) is 10.6 Å². The largest absolute Gasteiger partial charge is 0.443 e. The molecule has 1 aliphatic rings. The molecule has 2 rings (SSSR count). The van der Waals surface area contributed by atoms with Gasteiger partial charge < -0.3 is 4.74 Å². The second-order valence-electron chi connectivity index (χ2n) is 8.95. The van der Waals surface area contributed by atoms with E-state index in [2.05, 4.69) is 36.7 Å². The van der Waals surface area contributed by atoms with Gasteiger partial charge in [0.05, 0.1) is 0 Å². The molecular weight excluding hydrogens is 338 g/mol. The summed E-state index contributed by atoms with van der Waals surface area (Å²) in [5.74, 6) is 1.37. The van der Waals surface area contributed by atoms with Crippen LogP contribution in [-0.4, -0.2) is 41.2 Å². The first-order chi connectivity index (χ1) is 12.7. The number of amides is 1. The van der Waals surface area contributed by atoms with Crippen molar-refractivity contribution in [3.05, 3.63) is 23.9 Å². The molecule has 0 saturated carbocycles. The highest BCUT2D eigenvalue weighted by Gasteiger charge is 2.31. The normalized spacial score (nSPS) is 18.6. The van der Waals surface area contributed by atoms with Crippen molar-refractivity contribution in [1.82, 2.24) is 9.88 Å². The Balaban J connectivity index is 2.37. The van der Waals surface area contributed by atoms with Crippen LogP contribution in [0.3, 0.4) is 0 Å². The number of rotatable bonds is 6. The lowest BCUT2D eigenvalue weighted by atomic mass is 9.94. The number of piperidine rings is 1. The van der Waals surface area contributed by atoms with Crippen LogP contribution in [0.5, 0.6) is 0 Å². The van der Waals surface area contributed by atoms with Crippen molar-refractivity contribution in [3.63, 3.8) is 0 Å². The lowest BCUT2D eigenvalue weighted by Crippen LogP contribution is -2.40. The van der Waals surface area contributed by atoms with Gasteiger partial charge in [-0.2, -0.15) is 0 Å². The Morgan fingerprint density at radius 1 is 1.37 bits per heavy atom. The zero-order chi connectivity index (χ0) is 20.0. The molecule has 2 heterocycles. The van der Waals surface area contributed by atoms with Crippen molar-refractivity contribution in [1.29, 1.82) is 0 Å². The lowest BCUT2D eigenvalue weighted by molar-refractivity contribution is 0.0577. The Kier molecular flexibility index (Phi) is 7.66. The number of hydrogen-bond acceptors (Lipinski definition) is 4. The molecule has 27 heavy (non-hydrogen) atoms. The van der Waals surface area contributed by atoms with Crippen LogP contribution in [0.25, 0.3) is 0 Å². The third kappa shape index (κ3) is 6.20. The summed E-state index contributed by atoms with van der Waals surface area (Å²) in [5, 5.41) is 0. The summed E-state index contributed by atoms with van der Waals surface area (Å²) < 4.78 is 5.67. The summed E-state index contributed by atoms with van der Waals surface area (Å²) in [6.07, 6.45) is 5.89. The van der Waals surface area contributed by atoms with Gasteiger partial charge in [0.1, 0.15) is 11.4 Å². The maximum absolute atomic E-state index is 12.9. The lowest BCUT2D eigenvalue weighted by Gasteiger charge is -2.38. The molecule has 1 aromatic rings. The van der Waals surface area contributed by atoms with Crippen LogP contribution in [0, 0.1) is 5.92 Å². The molecular formula is C22H37N3O2. The second-order valence-corrected chi connectivity index (χ2v) is 8.95. The molecule has 1 unspecified atom stereocenters. The standard InChI is InChI=1S/C22H37N3O2/c1-7-14-25(21(26)27-22(4,5)6)20-18(11-10-13-23-20)19-12-8-9-15-24(19)16-17(2)3/h10-11,13,17,19H,7-9,12,14-16H2,1-6H3. The molecule has 5 heteroatoms. The minimum atomic E-state index is -0.521. The Hall–Kier alpha value is -1.62. The number of pyridine rings is 1. The summed E-state index contributed by atoms with van der Waals surface area (Å²) >= 11 is 0. The number of carbonyl (C=O) groups excluding carboxylic acids is 1. The van der Waals surface area contributed by atoms with Crippen molar-refractivity contribution < 1.29 is 9.53 Å². The van der Waals surface area contributed by atoms with E-state index in [4.69, 9.17) is 4.74 Å². The Labute approximate surface area is 165 Å². The third-order valence-corrected chi connectivity index (χ3v) is 4.71. The Morgan fingerprint density at radius 3 is 2.74 bits per heavy atom. The molecule has 1 amide bonds. The van der Waals surface area contributed by atoms with Gasteiger partial charge in [0.2, 0.25) is 0 Å². The smallest absolute Gasteiger partial charge is 0.416 e. The fourth-order valence-corrected chi connectivity index (χ4v) is 3.75. The molecule has 5 nitrogen and oxygen atoms in total. The first-order valence-corrected chi connectivity index (χ1v) is 10.4. The van der Waals surface area contributed by atoms with E-state index < -0.39 is 5.60 Å². The quantitative estimate of drug-likeness (QED) is 0.666. The van der Waals surface area contributed by atoms with Crippen molar-refractivity contribution in [3.8, 4) is 0 Å². The SMILES string of the molecule is CCCN(C(=O)OC(C)(C)C)c1ncccc1C1CCCCN1CC(C)C. The summed E-state index contributed by atoms with van der Waals surface area (Å²) in [7, 11) is 0. The molecule has 1 fully saturated rings. The molecule has 1 saturated heterocycles. The number of aromatic nitrogens is 1. The average Bonchev–Trinajstić information content (AvgIpc) is 2.58. The number of anilines is 1. The minimum absolute atomic E-state index is 0.310. The highest BCUT2D eigenvalue weighted by atomic mass is 16.6. The predicted octanol–water partition coefficient (Wildman–Crippen LogP) is 5.42. The molecule has 0 radical (unpaired) electrons. The van der Waals surface area contributed by atoms with Crippen LogP contribution in [0.1, 0.15) is 78.8 Å². The number of carbonyl (C=O) groups is 1. The van der Waals surface area contributed by atoms with E-state index in [1.807, 2.05) is 26.8 Å². The molecule has 0 aliphatic carbocycles. The summed E-state index contributed by atoms with van der Waals surface area (Å²) in [6, 6.07) is 4.44. The predicted molar refractivity (Wildman–Crippen MR) is 111 cm³/mol. The molecule has 0 spiro atoms. The Bertz CT molecular complexity index is 610. The molecule has 1 aliphatic heterocycles. The minimum Gasteiger partial charge on any atom is -0.443 e. The number of likely N-dealkylation sites (tertiary alicyclic amines) is 1. The topological polar surface area (TPSA) is 45.7 Å². The van der Waals surface area contributed by atoms with Crippen LogP contribution in [-0.2, 0) is 4.74 Å². The van der Waals surface area contributed by atoms with E-state index in [0.29, 0.717) is 18.5 Å². The summed E-state index contributed by atoms with van der Waals surface area (Å²) in [4.78, 5) is 21.8. The van der Waals surface area contributed by atoms with Gasteiger partial charge >= 0.3 is 6.09 Å².